The van der Waals surface area contributed by atoms with Crippen LogP contribution >= 0.6 is 0 Å². The van der Waals surface area contributed by atoms with E-state index in [1.54, 1.807) is 27.7 Å². The van der Waals surface area contributed by atoms with Gasteiger partial charge in [-0.25, -0.2) is 0 Å². The summed E-state index contributed by atoms with van der Waals surface area (Å²) in [6.45, 7) is 10.6. The molecule has 0 saturated heterocycles. The molecule has 146 valence electrons. The zero-order valence-corrected chi connectivity index (χ0v) is 15.9. The number of aliphatic hydroxyl groups is 5. The third-order valence-electron chi connectivity index (χ3n) is 7.58. The van der Waals surface area contributed by atoms with Crippen LogP contribution in [0.25, 0.3) is 0 Å². The summed E-state index contributed by atoms with van der Waals surface area (Å²) in [5.74, 6) is -1.22. The summed E-state index contributed by atoms with van der Waals surface area (Å²) in [6.07, 6.45) is -4.50. The lowest BCUT2D eigenvalue weighted by molar-refractivity contribution is -0.215. The number of ketones is 1. The number of allylic oxidation sites excluding steroid dienone is 1. The number of fused-ring (bicyclic) bond motifs is 3. The van der Waals surface area contributed by atoms with Crippen LogP contribution in [0.2, 0.25) is 0 Å². The molecule has 0 aliphatic heterocycles. The topological polar surface area (TPSA) is 118 Å². The van der Waals surface area contributed by atoms with Gasteiger partial charge in [0.15, 0.2) is 5.78 Å². The maximum Gasteiger partial charge on any atom is 0.161 e. The van der Waals surface area contributed by atoms with Crippen molar-refractivity contribution in [3.05, 3.63) is 23.3 Å². The normalized spacial score (nSPS) is 48.7. The summed E-state index contributed by atoms with van der Waals surface area (Å²) in [4.78, 5) is 12.6. The third-order valence-corrected chi connectivity index (χ3v) is 7.58. The highest BCUT2D eigenvalue weighted by Gasteiger charge is 2.66. The molecule has 0 spiro atoms. The summed E-state index contributed by atoms with van der Waals surface area (Å²) in [6, 6.07) is 0. The van der Waals surface area contributed by atoms with Gasteiger partial charge in [-0.1, -0.05) is 27.4 Å². The third kappa shape index (κ3) is 2.20. The summed E-state index contributed by atoms with van der Waals surface area (Å²) >= 11 is 0. The highest BCUT2D eigenvalue weighted by molar-refractivity contribution is 5.98. The number of hydrogen-bond donors (Lipinski definition) is 5. The molecule has 0 unspecified atom stereocenters. The predicted octanol–water partition coefficient (Wildman–Crippen LogP) is 0.463. The van der Waals surface area contributed by atoms with Crippen LogP contribution in [0.5, 0.6) is 0 Å². The first-order chi connectivity index (χ1) is 11.8. The molecule has 0 heterocycles. The van der Waals surface area contributed by atoms with E-state index in [1.165, 1.54) is 0 Å². The van der Waals surface area contributed by atoms with Crippen LogP contribution in [0.15, 0.2) is 23.3 Å². The zero-order valence-electron chi connectivity index (χ0n) is 15.9. The molecule has 0 amide bonds. The molecular weight excluding hydrogens is 336 g/mol. The van der Waals surface area contributed by atoms with Gasteiger partial charge in [-0.3, -0.25) is 4.79 Å². The highest BCUT2D eigenvalue weighted by atomic mass is 16.4. The maximum atomic E-state index is 12.6. The Labute approximate surface area is 153 Å². The van der Waals surface area contributed by atoms with Gasteiger partial charge in [0, 0.05) is 23.2 Å². The van der Waals surface area contributed by atoms with Gasteiger partial charge in [0.2, 0.25) is 0 Å². The Balaban J connectivity index is 2.31. The lowest BCUT2D eigenvalue weighted by Crippen LogP contribution is -2.69. The van der Waals surface area contributed by atoms with E-state index in [-0.39, 0.29) is 17.8 Å². The van der Waals surface area contributed by atoms with E-state index in [1.807, 2.05) is 0 Å². The molecule has 3 aliphatic rings. The molecule has 7 atom stereocenters. The molecule has 2 bridgehead atoms. The van der Waals surface area contributed by atoms with Gasteiger partial charge < -0.3 is 25.5 Å². The summed E-state index contributed by atoms with van der Waals surface area (Å²) in [5.41, 5.74) is -3.05. The molecule has 3 rings (SSSR count). The Hall–Kier alpha value is -1.05. The van der Waals surface area contributed by atoms with Gasteiger partial charge in [-0.2, -0.15) is 0 Å². The molecule has 6 heteroatoms. The van der Waals surface area contributed by atoms with Crippen molar-refractivity contribution >= 4 is 5.78 Å². The number of carbonyl (C=O) groups excluding carboxylic acids is 1. The van der Waals surface area contributed by atoms with Crippen molar-refractivity contribution in [1.29, 1.82) is 0 Å². The van der Waals surface area contributed by atoms with Gasteiger partial charge in [0.25, 0.3) is 0 Å². The average Bonchev–Trinajstić information content (AvgIpc) is 2.55. The number of aliphatic hydroxyl groups excluding tert-OH is 4. The first kappa shape index (κ1) is 19.7. The molecule has 2 saturated carbocycles. The van der Waals surface area contributed by atoms with Crippen LogP contribution in [-0.2, 0) is 4.79 Å². The second kappa shape index (κ2) is 5.72. The van der Waals surface area contributed by atoms with Crippen molar-refractivity contribution in [2.45, 2.75) is 77.0 Å². The van der Waals surface area contributed by atoms with E-state index in [0.717, 1.165) is 0 Å². The molecule has 0 aromatic heterocycles. The van der Waals surface area contributed by atoms with E-state index >= 15 is 0 Å². The van der Waals surface area contributed by atoms with Crippen LogP contribution < -0.4 is 0 Å². The minimum Gasteiger partial charge on any atom is -0.389 e. The standard InChI is InChI=1S/C20H30O6/c1-9-11(21)6-7-19(5)14(9)16(24)20(26)8-12(22)10(2)13(18(20,3)4)15(23)17(19)25/h11,14-17,21,23-26H,1,6-8H2,2-5H3/t11-,14-,15+,16-,17-,19+,20-/m0/s1. The van der Waals surface area contributed by atoms with Gasteiger partial charge in [-0.05, 0) is 36.5 Å². The molecule has 6 nitrogen and oxygen atoms in total. The van der Waals surface area contributed by atoms with Crippen molar-refractivity contribution < 1.29 is 30.3 Å². The number of Topliss-reactive ketones (excluding diaryl/α,β-unsaturated/α-hetero) is 1. The van der Waals surface area contributed by atoms with Gasteiger partial charge in [0.1, 0.15) is 11.7 Å². The SMILES string of the molecule is C=C1[C@@H](O)CC[C@@]2(C)[C@@H](O)[C@H](O)C3=C(C)C(=O)C[C@](O)([C@@H](O)[C@H]12)C3(C)C. The molecule has 5 N–H and O–H groups in total. The summed E-state index contributed by atoms with van der Waals surface area (Å²) < 4.78 is 0. The highest BCUT2D eigenvalue weighted by Crippen LogP contribution is 2.59. The van der Waals surface area contributed by atoms with E-state index in [2.05, 4.69) is 6.58 Å². The Morgan fingerprint density at radius 3 is 2.23 bits per heavy atom. The van der Waals surface area contributed by atoms with Crippen LogP contribution in [0.3, 0.4) is 0 Å². The van der Waals surface area contributed by atoms with Gasteiger partial charge >= 0.3 is 0 Å². The Morgan fingerprint density at radius 2 is 1.65 bits per heavy atom. The smallest absolute Gasteiger partial charge is 0.161 e. The Kier molecular flexibility index (Phi) is 4.34. The minimum atomic E-state index is -1.84. The van der Waals surface area contributed by atoms with Crippen LogP contribution in [0.1, 0.15) is 47.0 Å². The quantitative estimate of drug-likeness (QED) is 0.398. The van der Waals surface area contributed by atoms with Crippen molar-refractivity contribution in [1.82, 2.24) is 0 Å². The molecule has 0 aromatic carbocycles. The van der Waals surface area contributed by atoms with Crippen LogP contribution in [0.4, 0.5) is 0 Å². The van der Waals surface area contributed by atoms with Crippen molar-refractivity contribution in [2.24, 2.45) is 16.7 Å². The first-order valence-electron chi connectivity index (χ1n) is 9.18. The lowest BCUT2D eigenvalue weighted by Gasteiger charge is -2.61. The lowest BCUT2D eigenvalue weighted by atomic mass is 9.48. The van der Waals surface area contributed by atoms with E-state index in [4.69, 9.17) is 0 Å². The maximum absolute atomic E-state index is 12.6. The van der Waals surface area contributed by atoms with Gasteiger partial charge in [0.05, 0.1) is 18.3 Å². The zero-order chi connectivity index (χ0) is 19.8. The summed E-state index contributed by atoms with van der Waals surface area (Å²) in [7, 11) is 0. The van der Waals surface area contributed by atoms with E-state index in [9.17, 15) is 30.3 Å². The van der Waals surface area contributed by atoms with E-state index in [0.29, 0.717) is 24.0 Å². The first-order valence-corrected chi connectivity index (χ1v) is 9.18. The Morgan fingerprint density at radius 1 is 1.08 bits per heavy atom. The van der Waals surface area contributed by atoms with Crippen molar-refractivity contribution in [3.63, 3.8) is 0 Å². The fraction of sp³-hybridized carbons (Fsp3) is 0.750. The van der Waals surface area contributed by atoms with Crippen molar-refractivity contribution in [3.8, 4) is 0 Å². The molecule has 3 aliphatic carbocycles. The summed E-state index contributed by atoms with van der Waals surface area (Å²) in [5, 5.41) is 55.2. The fourth-order valence-corrected chi connectivity index (χ4v) is 5.63. The van der Waals surface area contributed by atoms with Crippen LogP contribution in [-0.4, -0.2) is 61.3 Å². The number of hydrogen-bond acceptors (Lipinski definition) is 6. The largest absolute Gasteiger partial charge is 0.389 e. The molecule has 0 radical (unpaired) electrons. The second-order valence-electron chi connectivity index (χ2n) is 9.14. The van der Waals surface area contributed by atoms with Gasteiger partial charge in [-0.15, -0.1) is 0 Å². The van der Waals surface area contributed by atoms with Crippen molar-refractivity contribution in [2.75, 3.05) is 0 Å². The van der Waals surface area contributed by atoms with Crippen LogP contribution in [0, 0.1) is 16.7 Å². The average molecular weight is 366 g/mol. The fourth-order valence-electron chi connectivity index (χ4n) is 5.63. The molecule has 2 fully saturated rings. The Bertz CT molecular complexity index is 694. The molecule has 0 aromatic rings. The molecule has 26 heavy (non-hydrogen) atoms. The number of rotatable bonds is 0. The second-order valence-corrected chi connectivity index (χ2v) is 9.14. The molecular formula is C20H30O6. The number of carbonyl (C=O) groups is 1. The minimum absolute atomic E-state index is 0.277. The predicted molar refractivity (Wildman–Crippen MR) is 95.1 cm³/mol. The van der Waals surface area contributed by atoms with E-state index < -0.39 is 46.8 Å². The monoisotopic (exact) mass is 366 g/mol.